The quantitative estimate of drug-likeness (QED) is 0.746. The Morgan fingerprint density at radius 3 is 1.87 bits per heavy atom. The lowest BCUT2D eigenvalue weighted by Crippen LogP contribution is -1.83. The van der Waals surface area contributed by atoms with Crippen LogP contribution in [-0.4, -0.2) is 5.11 Å². The van der Waals surface area contributed by atoms with E-state index in [4.69, 9.17) is 0 Å². The number of phenols is 1. The summed E-state index contributed by atoms with van der Waals surface area (Å²) in [5.74, 6) is 0.301. The van der Waals surface area contributed by atoms with Crippen molar-refractivity contribution in [1.82, 2.24) is 0 Å². The molecule has 1 rings (SSSR count). The first-order valence-electron chi connectivity index (χ1n) is 4.77. The van der Waals surface area contributed by atoms with Crippen LogP contribution in [0.15, 0.2) is 25.3 Å². The fourth-order valence-corrected chi connectivity index (χ4v) is 1.09. The van der Waals surface area contributed by atoms with Crippen LogP contribution in [0.3, 0.4) is 0 Å². The van der Waals surface area contributed by atoms with Crippen molar-refractivity contribution < 1.29 is 5.11 Å². The van der Waals surface area contributed by atoms with Gasteiger partial charge in [0.05, 0.1) is 0 Å². The van der Waals surface area contributed by atoms with Gasteiger partial charge >= 0.3 is 0 Å². The molecule has 0 saturated carbocycles. The summed E-state index contributed by atoms with van der Waals surface area (Å²) in [6, 6.07) is 3.58. The molecule has 1 aromatic rings. The summed E-state index contributed by atoms with van der Waals surface area (Å²) >= 11 is 0. The second-order valence-corrected chi connectivity index (χ2v) is 2.68. The number of aromatic hydroxyl groups is 1. The normalized spacial score (nSPS) is 7.93. The van der Waals surface area contributed by atoms with Gasteiger partial charge in [-0.25, -0.2) is 0 Å². The van der Waals surface area contributed by atoms with Crippen LogP contribution in [0.25, 0.3) is 12.2 Å². The molecule has 1 nitrogen and oxygen atoms in total. The van der Waals surface area contributed by atoms with Gasteiger partial charge in [-0.3, -0.25) is 0 Å². The van der Waals surface area contributed by atoms with E-state index in [-0.39, 0.29) is 7.43 Å². The summed E-state index contributed by atoms with van der Waals surface area (Å²) in [5.41, 5.74) is 2.77. The average Bonchev–Trinajstić information content (AvgIpc) is 2.24. The van der Waals surface area contributed by atoms with E-state index in [1.54, 1.807) is 18.2 Å². The van der Waals surface area contributed by atoms with Crippen LogP contribution in [0.1, 0.15) is 38.0 Å². The Labute approximate surface area is 93.8 Å². The zero-order valence-corrected chi connectivity index (χ0v) is 9.17. The van der Waals surface area contributed by atoms with Crippen molar-refractivity contribution in [3.05, 3.63) is 42.0 Å². The smallest absolute Gasteiger partial charge is 0.119 e. The Morgan fingerprint density at radius 1 is 1.07 bits per heavy atom. The third-order valence-corrected chi connectivity index (χ3v) is 1.84. The van der Waals surface area contributed by atoms with Crippen molar-refractivity contribution >= 4 is 12.2 Å². The van der Waals surface area contributed by atoms with Gasteiger partial charge in [-0.15, -0.1) is 0 Å². The van der Waals surface area contributed by atoms with Crippen molar-refractivity contribution in [2.75, 3.05) is 0 Å². The van der Waals surface area contributed by atoms with Crippen LogP contribution >= 0.6 is 0 Å². The van der Waals surface area contributed by atoms with Crippen molar-refractivity contribution in [3.8, 4) is 5.75 Å². The highest BCUT2D eigenvalue weighted by molar-refractivity contribution is 5.66. The average molecular weight is 206 g/mol. The summed E-state index contributed by atoms with van der Waals surface area (Å²) in [7, 11) is 0. The molecule has 1 heteroatoms. The molecule has 84 valence electrons. The van der Waals surface area contributed by atoms with Gasteiger partial charge in [-0.1, -0.05) is 46.6 Å². The predicted octanol–water partition coefficient (Wildman–Crippen LogP) is 4.65. The monoisotopic (exact) mass is 206 g/mol. The molecule has 1 N–H and O–H groups in total. The van der Waals surface area contributed by atoms with Gasteiger partial charge in [-0.05, 0) is 35.7 Å². The van der Waals surface area contributed by atoms with Crippen LogP contribution in [0.4, 0.5) is 0 Å². The molecule has 0 aliphatic rings. The molecule has 0 bridgehead atoms. The molecule has 15 heavy (non-hydrogen) atoms. The van der Waals surface area contributed by atoms with Crippen LogP contribution < -0.4 is 0 Å². The SMILES string of the molecule is C.C=Cc1cc(C)c(O)cc1C=C.CC. The van der Waals surface area contributed by atoms with Gasteiger partial charge in [0, 0.05) is 0 Å². The van der Waals surface area contributed by atoms with Crippen molar-refractivity contribution in [2.24, 2.45) is 0 Å². The molecule has 0 fully saturated rings. The van der Waals surface area contributed by atoms with E-state index in [1.165, 1.54) is 0 Å². The lowest BCUT2D eigenvalue weighted by Gasteiger charge is -2.04. The molecule has 0 saturated heterocycles. The maximum Gasteiger partial charge on any atom is 0.119 e. The van der Waals surface area contributed by atoms with Crippen LogP contribution in [0, 0.1) is 6.92 Å². The van der Waals surface area contributed by atoms with E-state index >= 15 is 0 Å². The number of aryl methyl sites for hydroxylation is 1. The largest absolute Gasteiger partial charge is 0.508 e. The highest BCUT2D eigenvalue weighted by Gasteiger charge is 2.00. The Hall–Kier alpha value is -1.50. The second-order valence-electron chi connectivity index (χ2n) is 2.68. The lowest BCUT2D eigenvalue weighted by atomic mass is 10.0. The van der Waals surface area contributed by atoms with Crippen LogP contribution in [-0.2, 0) is 0 Å². The molecule has 0 heterocycles. The van der Waals surface area contributed by atoms with Crippen molar-refractivity contribution in [1.29, 1.82) is 0 Å². The van der Waals surface area contributed by atoms with Gasteiger partial charge in [0.15, 0.2) is 0 Å². The molecular weight excluding hydrogens is 184 g/mol. The minimum Gasteiger partial charge on any atom is -0.508 e. The number of hydrogen-bond acceptors (Lipinski definition) is 1. The third kappa shape index (κ3) is 4.03. The third-order valence-electron chi connectivity index (χ3n) is 1.84. The highest BCUT2D eigenvalue weighted by atomic mass is 16.3. The first-order chi connectivity index (χ1) is 6.69. The first-order valence-corrected chi connectivity index (χ1v) is 4.77. The van der Waals surface area contributed by atoms with Gasteiger partial charge in [0.25, 0.3) is 0 Å². The standard InChI is InChI=1S/C11H12O.C2H6.CH4/c1-4-9-6-8(3)11(12)7-10(9)5-2;1-2;/h4-7,12H,1-2H2,3H3;1-2H3;1H4. The minimum absolute atomic E-state index is 0. The lowest BCUT2D eigenvalue weighted by molar-refractivity contribution is 0.471. The summed E-state index contributed by atoms with van der Waals surface area (Å²) in [6.07, 6.45) is 3.46. The second kappa shape index (κ2) is 7.86. The van der Waals surface area contributed by atoms with Crippen LogP contribution in [0.5, 0.6) is 5.75 Å². The predicted molar refractivity (Wildman–Crippen MR) is 71.1 cm³/mol. The molecule has 0 atom stereocenters. The van der Waals surface area contributed by atoms with E-state index in [0.717, 1.165) is 16.7 Å². The van der Waals surface area contributed by atoms with E-state index in [2.05, 4.69) is 13.2 Å². The zero-order chi connectivity index (χ0) is 11.1. The highest BCUT2D eigenvalue weighted by Crippen LogP contribution is 2.23. The van der Waals surface area contributed by atoms with Gasteiger partial charge in [0.2, 0.25) is 0 Å². The molecular formula is C14H22O. The van der Waals surface area contributed by atoms with E-state index in [0.29, 0.717) is 5.75 Å². The van der Waals surface area contributed by atoms with Crippen molar-refractivity contribution in [2.45, 2.75) is 28.2 Å². The number of hydrogen-bond donors (Lipinski definition) is 1. The summed E-state index contributed by atoms with van der Waals surface area (Å²) in [5, 5.41) is 9.37. The molecule has 0 amide bonds. The van der Waals surface area contributed by atoms with E-state index in [9.17, 15) is 5.11 Å². The van der Waals surface area contributed by atoms with Crippen molar-refractivity contribution in [3.63, 3.8) is 0 Å². The minimum atomic E-state index is 0. The number of phenolic OH excluding ortho intramolecular Hbond substituents is 1. The fourth-order valence-electron chi connectivity index (χ4n) is 1.09. The molecule has 0 radical (unpaired) electrons. The summed E-state index contributed by atoms with van der Waals surface area (Å²) in [4.78, 5) is 0. The first kappa shape index (κ1) is 15.9. The Balaban J connectivity index is 0. The van der Waals surface area contributed by atoms with Gasteiger partial charge < -0.3 is 5.11 Å². The summed E-state index contributed by atoms with van der Waals surface area (Å²) in [6.45, 7) is 13.2. The Bertz CT molecular complexity index is 291. The molecule has 0 unspecified atom stereocenters. The fraction of sp³-hybridized carbons (Fsp3) is 0.286. The molecule has 1 aromatic carbocycles. The van der Waals surface area contributed by atoms with E-state index in [1.807, 2.05) is 26.8 Å². The molecule has 0 aromatic heterocycles. The maximum atomic E-state index is 9.37. The topological polar surface area (TPSA) is 20.2 Å². The molecule has 0 aliphatic heterocycles. The summed E-state index contributed by atoms with van der Waals surface area (Å²) < 4.78 is 0. The Morgan fingerprint density at radius 2 is 1.47 bits per heavy atom. The molecule has 0 aliphatic carbocycles. The van der Waals surface area contributed by atoms with Crippen LogP contribution in [0.2, 0.25) is 0 Å². The van der Waals surface area contributed by atoms with Gasteiger partial charge in [0.1, 0.15) is 5.75 Å². The number of benzene rings is 1. The van der Waals surface area contributed by atoms with E-state index < -0.39 is 0 Å². The Kier molecular flexibility index (Phi) is 8.36. The maximum absolute atomic E-state index is 9.37. The number of rotatable bonds is 2. The zero-order valence-electron chi connectivity index (χ0n) is 9.17. The molecule has 0 spiro atoms. The van der Waals surface area contributed by atoms with Gasteiger partial charge in [-0.2, -0.15) is 0 Å².